The molecule has 0 heterocycles. The van der Waals surface area contributed by atoms with Gasteiger partial charge in [0.15, 0.2) is 13.6 Å². The monoisotopic (exact) mass is 242 g/mol. The SMILES string of the molecule is CC1C=C(C(=O)OCO)C=C(C(=O)OCO)C1. The number of aliphatic hydroxyl groups is 2. The van der Waals surface area contributed by atoms with Gasteiger partial charge in [-0.1, -0.05) is 13.0 Å². The van der Waals surface area contributed by atoms with Crippen LogP contribution in [0.4, 0.5) is 0 Å². The van der Waals surface area contributed by atoms with Crippen LogP contribution < -0.4 is 0 Å². The lowest BCUT2D eigenvalue weighted by Crippen LogP contribution is -2.17. The second-order valence-corrected chi connectivity index (χ2v) is 3.59. The lowest BCUT2D eigenvalue weighted by Gasteiger charge is -2.16. The van der Waals surface area contributed by atoms with Crippen molar-refractivity contribution < 1.29 is 29.3 Å². The summed E-state index contributed by atoms with van der Waals surface area (Å²) >= 11 is 0. The Labute approximate surface area is 98.1 Å². The molecule has 1 aliphatic rings. The van der Waals surface area contributed by atoms with Crippen LogP contribution in [0.3, 0.4) is 0 Å². The van der Waals surface area contributed by atoms with Crippen LogP contribution in [-0.2, 0) is 19.1 Å². The van der Waals surface area contributed by atoms with Gasteiger partial charge in [0.1, 0.15) is 0 Å². The van der Waals surface area contributed by atoms with E-state index in [4.69, 9.17) is 10.2 Å². The minimum absolute atomic E-state index is 0.0255. The summed E-state index contributed by atoms with van der Waals surface area (Å²) in [5, 5.41) is 17.0. The zero-order valence-corrected chi connectivity index (χ0v) is 9.38. The number of rotatable bonds is 4. The zero-order valence-electron chi connectivity index (χ0n) is 9.38. The molecule has 0 saturated heterocycles. The molecule has 0 amide bonds. The molecule has 1 rings (SSSR count). The van der Waals surface area contributed by atoms with E-state index in [1.54, 1.807) is 6.08 Å². The number of ether oxygens (including phenoxy) is 2. The fourth-order valence-corrected chi connectivity index (χ4v) is 1.57. The summed E-state index contributed by atoms with van der Waals surface area (Å²) in [5.41, 5.74) is 0.488. The number of aliphatic hydroxyl groups excluding tert-OH is 2. The average molecular weight is 242 g/mol. The van der Waals surface area contributed by atoms with Crippen molar-refractivity contribution in [1.29, 1.82) is 0 Å². The molecule has 0 spiro atoms. The molecule has 0 aromatic heterocycles. The highest BCUT2D eigenvalue weighted by molar-refractivity contribution is 5.97. The Balaban J connectivity index is 2.84. The number of hydrogen-bond donors (Lipinski definition) is 2. The second kappa shape index (κ2) is 6.17. The van der Waals surface area contributed by atoms with Gasteiger partial charge >= 0.3 is 11.9 Å². The minimum atomic E-state index is -0.713. The third-order valence-electron chi connectivity index (χ3n) is 2.22. The van der Waals surface area contributed by atoms with Gasteiger partial charge in [0, 0.05) is 5.57 Å². The predicted octanol–water partition coefficient (Wildman–Crippen LogP) is -0.135. The maximum absolute atomic E-state index is 11.4. The van der Waals surface area contributed by atoms with Crippen LogP contribution in [0.1, 0.15) is 13.3 Å². The van der Waals surface area contributed by atoms with E-state index in [2.05, 4.69) is 9.47 Å². The largest absolute Gasteiger partial charge is 0.435 e. The first-order valence-electron chi connectivity index (χ1n) is 5.06. The lowest BCUT2D eigenvalue weighted by molar-refractivity contribution is -0.147. The predicted molar refractivity (Wildman–Crippen MR) is 56.3 cm³/mol. The highest BCUT2D eigenvalue weighted by atomic mass is 16.6. The smallest absolute Gasteiger partial charge is 0.339 e. The van der Waals surface area contributed by atoms with Gasteiger partial charge < -0.3 is 19.7 Å². The van der Waals surface area contributed by atoms with Crippen molar-refractivity contribution in [3.8, 4) is 0 Å². The van der Waals surface area contributed by atoms with Gasteiger partial charge in [-0.15, -0.1) is 0 Å². The average Bonchev–Trinajstić information content (AvgIpc) is 2.29. The van der Waals surface area contributed by atoms with Crippen LogP contribution in [0, 0.1) is 5.92 Å². The summed E-state index contributed by atoms with van der Waals surface area (Å²) < 4.78 is 8.86. The molecule has 2 N–H and O–H groups in total. The van der Waals surface area contributed by atoms with Crippen LogP contribution in [0.25, 0.3) is 0 Å². The highest BCUT2D eigenvalue weighted by Gasteiger charge is 2.22. The van der Waals surface area contributed by atoms with E-state index in [1.807, 2.05) is 6.92 Å². The third kappa shape index (κ3) is 3.69. The van der Waals surface area contributed by atoms with Crippen molar-refractivity contribution in [1.82, 2.24) is 0 Å². The summed E-state index contributed by atoms with van der Waals surface area (Å²) in [4.78, 5) is 22.8. The minimum Gasteiger partial charge on any atom is -0.435 e. The first kappa shape index (κ1) is 13.4. The first-order chi connectivity index (χ1) is 8.08. The fourth-order valence-electron chi connectivity index (χ4n) is 1.57. The van der Waals surface area contributed by atoms with Crippen molar-refractivity contribution in [2.24, 2.45) is 5.92 Å². The molecule has 0 aromatic rings. The first-order valence-corrected chi connectivity index (χ1v) is 5.06. The van der Waals surface area contributed by atoms with Crippen LogP contribution >= 0.6 is 0 Å². The molecule has 6 nitrogen and oxygen atoms in total. The molecule has 0 radical (unpaired) electrons. The standard InChI is InChI=1S/C11H14O6/c1-7-2-8(10(14)16-5-12)4-9(3-7)11(15)17-6-13/h2,4,7,12-13H,3,5-6H2,1H3. The van der Waals surface area contributed by atoms with Gasteiger partial charge in [-0.2, -0.15) is 0 Å². The molecule has 1 atom stereocenters. The van der Waals surface area contributed by atoms with Crippen molar-refractivity contribution in [2.45, 2.75) is 13.3 Å². The molecule has 17 heavy (non-hydrogen) atoms. The fraction of sp³-hybridized carbons (Fsp3) is 0.455. The molecule has 6 heteroatoms. The maximum atomic E-state index is 11.4. The zero-order chi connectivity index (χ0) is 12.8. The van der Waals surface area contributed by atoms with Gasteiger partial charge in [0.05, 0.1) is 5.57 Å². The highest BCUT2D eigenvalue weighted by Crippen LogP contribution is 2.24. The second-order valence-electron chi connectivity index (χ2n) is 3.59. The quantitative estimate of drug-likeness (QED) is 0.526. The Morgan fingerprint density at radius 1 is 1.29 bits per heavy atom. The third-order valence-corrected chi connectivity index (χ3v) is 2.22. The Morgan fingerprint density at radius 2 is 1.88 bits per heavy atom. The molecule has 0 aromatic carbocycles. The number of esters is 2. The number of allylic oxidation sites excluding steroid dienone is 1. The summed E-state index contributed by atoms with van der Waals surface area (Å²) in [6.07, 6.45) is 3.42. The van der Waals surface area contributed by atoms with Crippen molar-refractivity contribution in [3.63, 3.8) is 0 Å². The van der Waals surface area contributed by atoms with E-state index in [-0.39, 0.29) is 11.5 Å². The van der Waals surface area contributed by atoms with Gasteiger partial charge in [0.25, 0.3) is 0 Å². The van der Waals surface area contributed by atoms with Gasteiger partial charge in [-0.25, -0.2) is 9.59 Å². The topological polar surface area (TPSA) is 93.1 Å². The molecule has 94 valence electrons. The molecule has 1 aliphatic carbocycles. The molecular formula is C11H14O6. The lowest BCUT2D eigenvalue weighted by atomic mass is 9.91. The Hall–Kier alpha value is -1.66. The molecule has 0 fully saturated rings. The summed E-state index contributed by atoms with van der Waals surface area (Å²) in [5.74, 6) is -1.39. The van der Waals surface area contributed by atoms with Crippen molar-refractivity contribution >= 4 is 11.9 Å². The van der Waals surface area contributed by atoms with Crippen LogP contribution in [0.2, 0.25) is 0 Å². The van der Waals surface area contributed by atoms with Gasteiger partial charge in [-0.05, 0) is 18.4 Å². The van der Waals surface area contributed by atoms with E-state index < -0.39 is 25.5 Å². The molecule has 0 aliphatic heterocycles. The van der Waals surface area contributed by atoms with E-state index in [0.717, 1.165) is 0 Å². The molecule has 0 bridgehead atoms. The van der Waals surface area contributed by atoms with E-state index >= 15 is 0 Å². The van der Waals surface area contributed by atoms with Crippen LogP contribution in [0.5, 0.6) is 0 Å². The van der Waals surface area contributed by atoms with E-state index in [1.165, 1.54) is 6.08 Å². The van der Waals surface area contributed by atoms with Crippen LogP contribution in [-0.4, -0.2) is 35.7 Å². The number of hydrogen-bond acceptors (Lipinski definition) is 6. The number of carbonyl (C=O) groups excluding carboxylic acids is 2. The molecular weight excluding hydrogens is 228 g/mol. The van der Waals surface area contributed by atoms with Crippen molar-refractivity contribution in [2.75, 3.05) is 13.6 Å². The summed E-state index contributed by atoms with van der Waals surface area (Å²) in [7, 11) is 0. The number of carbonyl (C=O) groups is 2. The summed E-state index contributed by atoms with van der Waals surface area (Å²) in [6.45, 7) is 0.408. The Kier molecular flexibility index (Phi) is 4.86. The van der Waals surface area contributed by atoms with E-state index in [9.17, 15) is 9.59 Å². The van der Waals surface area contributed by atoms with Crippen LogP contribution in [0.15, 0.2) is 23.3 Å². The van der Waals surface area contributed by atoms with E-state index in [0.29, 0.717) is 12.0 Å². The maximum Gasteiger partial charge on any atom is 0.339 e. The summed E-state index contributed by atoms with van der Waals surface area (Å²) in [6, 6.07) is 0. The van der Waals surface area contributed by atoms with Gasteiger partial charge in [0.2, 0.25) is 0 Å². The van der Waals surface area contributed by atoms with Crippen molar-refractivity contribution in [3.05, 3.63) is 23.3 Å². The molecule has 0 saturated carbocycles. The normalized spacial score (nSPS) is 19.1. The molecule has 1 unspecified atom stereocenters. The Bertz CT molecular complexity index is 368. The van der Waals surface area contributed by atoms with Gasteiger partial charge in [-0.3, -0.25) is 0 Å². The Morgan fingerprint density at radius 3 is 2.47 bits per heavy atom.